The van der Waals surface area contributed by atoms with Gasteiger partial charge in [0.2, 0.25) is 5.78 Å². The number of benzene rings is 6. The summed E-state index contributed by atoms with van der Waals surface area (Å²) in [5, 5.41) is 4.44. The molecular formula is C39H23N5S. The Balaban J connectivity index is 1.29. The number of aromatic nitrogens is 5. The Morgan fingerprint density at radius 3 is 1.89 bits per heavy atom. The molecule has 0 saturated carbocycles. The first-order chi connectivity index (χ1) is 22.2. The molecule has 0 aliphatic rings. The van der Waals surface area contributed by atoms with E-state index in [2.05, 4.69) is 123 Å². The zero-order chi connectivity index (χ0) is 29.6. The van der Waals surface area contributed by atoms with Gasteiger partial charge in [0, 0.05) is 27.2 Å². The summed E-state index contributed by atoms with van der Waals surface area (Å²) in [6.07, 6.45) is 0. The van der Waals surface area contributed by atoms with Gasteiger partial charge in [0.1, 0.15) is 10.3 Å². The van der Waals surface area contributed by atoms with E-state index in [1.54, 1.807) is 0 Å². The molecule has 6 heteroatoms. The number of nitrogens with zero attached hydrogens (tertiary/aromatic N) is 5. The van der Waals surface area contributed by atoms with Crippen molar-refractivity contribution in [3.63, 3.8) is 0 Å². The zero-order valence-corrected chi connectivity index (χ0v) is 24.7. The van der Waals surface area contributed by atoms with Crippen LogP contribution in [0.2, 0.25) is 0 Å². The average molecular weight is 594 g/mol. The third-order valence-corrected chi connectivity index (χ3v) is 9.42. The predicted molar refractivity (Wildman–Crippen MR) is 187 cm³/mol. The second-order valence-corrected chi connectivity index (χ2v) is 11.9. The van der Waals surface area contributed by atoms with Crippen LogP contribution in [0.25, 0.3) is 82.9 Å². The lowest BCUT2D eigenvalue weighted by atomic mass is 10.0. The number of rotatable bonds is 2. The first kappa shape index (κ1) is 24.6. The molecule has 0 bridgehead atoms. The molecule has 10 rings (SSSR count). The van der Waals surface area contributed by atoms with E-state index in [1.165, 1.54) is 21.8 Å². The second-order valence-electron chi connectivity index (χ2n) is 11.5. The lowest BCUT2D eigenvalue weighted by Crippen LogP contribution is -2.04. The van der Waals surface area contributed by atoms with Gasteiger partial charge in [0.05, 0.1) is 33.1 Å². The van der Waals surface area contributed by atoms with Crippen LogP contribution in [-0.2, 0) is 0 Å². The number of fused-ring (bicyclic) bond motifs is 12. The Morgan fingerprint density at radius 2 is 1.07 bits per heavy atom. The molecule has 5 nitrogen and oxygen atoms in total. The van der Waals surface area contributed by atoms with E-state index in [0.29, 0.717) is 0 Å². The predicted octanol–water partition coefficient (Wildman–Crippen LogP) is 9.94. The van der Waals surface area contributed by atoms with Crippen LogP contribution in [0, 0.1) is 4.64 Å². The van der Waals surface area contributed by atoms with Gasteiger partial charge in [-0.3, -0.25) is 8.80 Å². The molecule has 0 N–H and O–H groups in total. The third kappa shape index (κ3) is 3.40. The monoisotopic (exact) mass is 593 g/mol. The van der Waals surface area contributed by atoms with Crippen molar-refractivity contribution in [2.75, 3.05) is 0 Å². The lowest BCUT2D eigenvalue weighted by molar-refractivity contribution is 1.07. The smallest absolute Gasteiger partial charge is 0.222 e. The molecule has 10 aromatic rings. The van der Waals surface area contributed by atoms with Crippen molar-refractivity contribution in [2.45, 2.75) is 0 Å². The SMILES string of the molecule is S=c1c2ccccc2nc2n1c1ccc(-c3ccc4c(c3)c3ccccc3n4-c3ccccc3)cc1c1nc3ccccc3n12. The van der Waals surface area contributed by atoms with Crippen LogP contribution in [0.1, 0.15) is 0 Å². The number of hydrogen-bond acceptors (Lipinski definition) is 3. The highest BCUT2D eigenvalue weighted by molar-refractivity contribution is 7.71. The van der Waals surface area contributed by atoms with E-state index in [4.69, 9.17) is 22.2 Å². The Bertz CT molecular complexity index is 2900. The topological polar surface area (TPSA) is 39.5 Å². The van der Waals surface area contributed by atoms with Crippen LogP contribution in [0.5, 0.6) is 0 Å². The highest BCUT2D eigenvalue weighted by Gasteiger charge is 2.18. The molecule has 4 heterocycles. The molecule has 0 spiro atoms. The maximum absolute atomic E-state index is 6.14. The van der Waals surface area contributed by atoms with Gasteiger partial charge in [-0.25, -0.2) is 9.97 Å². The van der Waals surface area contributed by atoms with Crippen molar-refractivity contribution >= 4 is 78.3 Å². The third-order valence-electron chi connectivity index (χ3n) is 9.02. The maximum atomic E-state index is 6.14. The Hall–Kier alpha value is -5.85. The summed E-state index contributed by atoms with van der Waals surface area (Å²) in [6.45, 7) is 0. The van der Waals surface area contributed by atoms with Crippen LogP contribution in [-0.4, -0.2) is 23.3 Å². The van der Waals surface area contributed by atoms with E-state index in [9.17, 15) is 0 Å². The fourth-order valence-electron chi connectivity index (χ4n) is 6.99. The average Bonchev–Trinajstić information content (AvgIpc) is 3.65. The second kappa shape index (κ2) is 9.08. The van der Waals surface area contributed by atoms with Gasteiger partial charge in [-0.2, -0.15) is 0 Å². The lowest BCUT2D eigenvalue weighted by Gasteiger charge is -2.13. The Morgan fingerprint density at radius 1 is 0.444 bits per heavy atom. The molecule has 0 aliphatic carbocycles. The van der Waals surface area contributed by atoms with Crippen LogP contribution in [0.3, 0.4) is 0 Å². The molecule has 0 radical (unpaired) electrons. The normalized spacial score (nSPS) is 12.1. The van der Waals surface area contributed by atoms with E-state index in [0.717, 1.165) is 65.7 Å². The van der Waals surface area contributed by atoms with E-state index in [1.807, 2.05) is 30.3 Å². The molecule has 0 unspecified atom stereocenters. The van der Waals surface area contributed by atoms with Crippen molar-refractivity contribution in [3.05, 3.63) is 144 Å². The van der Waals surface area contributed by atoms with Crippen LogP contribution < -0.4 is 0 Å². The van der Waals surface area contributed by atoms with Gasteiger partial charge >= 0.3 is 0 Å². The summed E-state index contributed by atoms with van der Waals surface area (Å²) in [5.74, 6) is 0.762. The van der Waals surface area contributed by atoms with Gasteiger partial charge in [-0.15, -0.1) is 0 Å². The van der Waals surface area contributed by atoms with Crippen molar-refractivity contribution in [1.82, 2.24) is 23.3 Å². The van der Waals surface area contributed by atoms with Gasteiger partial charge < -0.3 is 4.57 Å². The molecule has 4 aromatic heterocycles. The van der Waals surface area contributed by atoms with Crippen molar-refractivity contribution in [2.24, 2.45) is 0 Å². The fraction of sp³-hybridized carbons (Fsp3) is 0. The van der Waals surface area contributed by atoms with Gasteiger partial charge in [-0.1, -0.05) is 85.0 Å². The summed E-state index contributed by atoms with van der Waals surface area (Å²) in [4.78, 5) is 10.3. The minimum absolute atomic E-state index is 0.739. The van der Waals surface area contributed by atoms with Crippen molar-refractivity contribution in [3.8, 4) is 16.8 Å². The Labute approximate surface area is 261 Å². The van der Waals surface area contributed by atoms with E-state index < -0.39 is 0 Å². The van der Waals surface area contributed by atoms with Gasteiger partial charge in [-0.05, 0) is 77.9 Å². The van der Waals surface area contributed by atoms with E-state index >= 15 is 0 Å². The van der Waals surface area contributed by atoms with Crippen molar-refractivity contribution in [1.29, 1.82) is 0 Å². The summed E-state index contributed by atoms with van der Waals surface area (Å²) in [6, 6.07) is 48.9. The summed E-state index contributed by atoms with van der Waals surface area (Å²) in [7, 11) is 0. The molecule has 0 fully saturated rings. The number of hydrogen-bond donors (Lipinski definition) is 0. The summed E-state index contributed by atoms with van der Waals surface area (Å²) < 4.78 is 7.34. The molecule has 45 heavy (non-hydrogen) atoms. The highest BCUT2D eigenvalue weighted by Crippen LogP contribution is 2.37. The molecular weight excluding hydrogens is 571 g/mol. The number of para-hydroxylation sites is 5. The highest BCUT2D eigenvalue weighted by atomic mass is 32.1. The number of imidazole rings is 1. The van der Waals surface area contributed by atoms with E-state index in [-0.39, 0.29) is 0 Å². The van der Waals surface area contributed by atoms with Crippen LogP contribution in [0.4, 0.5) is 0 Å². The minimum atomic E-state index is 0.739. The maximum Gasteiger partial charge on any atom is 0.222 e. The van der Waals surface area contributed by atoms with Gasteiger partial charge in [0.15, 0.2) is 0 Å². The zero-order valence-electron chi connectivity index (χ0n) is 23.9. The largest absolute Gasteiger partial charge is 0.309 e. The first-order valence-corrected chi connectivity index (χ1v) is 15.4. The molecule has 210 valence electrons. The summed E-state index contributed by atoms with van der Waals surface area (Å²) in [5.41, 5.74) is 10.5. The quantitative estimate of drug-likeness (QED) is 0.114. The van der Waals surface area contributed by atoms with Crippen LogP contribution in [0.15, 0.2) is 140 Å². The van der Waals surface area contributed by atoms with Crippen molar-refractivity contribution < 1.29 is 0 Å². The standard InChI is InChI=1S/C39H23N5S/c45-38-28-13-4-6-14-31(28)41-39-43-36-17-9-7-15-32(36)40-37(43)30-23-25(19-21-35(30)44(38)39)24-18-20-34-29(22-24)27-12-5-8-16-33(27)42(34)26-10-2-1-3-11-26/h1-23H. The van der Waals surface area contributed by atoms with Gasteiger partial charge in [0.25, 0.3) is 0 Å². The first-order valence-electron chi connectivity index (χ1n) is 15.0. The molecule has 0 aliphatic heterocycles. The minimum Gasteiger partial charge on any atom is -0.309 e. The fourth-order valence-corrected chi connectivity index (χ4v) is 7.35. The molecule has 0 atom stereocenters. The molecule has 0 amide bonds. The van der Waals surface area contributed by atoms with Crippen LogP contribution >= 0.6 is 12.2 Å². The molecule has 6 aromatic carbocycles. The molecule has 0 saturated heterocycles. The Kier molecular flexibility index (Phi) is 4.96. The summed E-state index contributed by atoms with van der Waals surface area (Å²) >= 11 is 6.14.